The normalized spacial score (nSPS) is 14.8. The van der Waals surface area contributed by atoms with Gasteiger partial charge in [0, 0.05) is 32.7 Å². The average Bonchev–Trinajstić information content (AvgIpc) is 2.74. The van der Waals surface area contributed by atoms with Crippen molar-refractivity contribution in [3.63, 3.8) is 0 Å². The fourth-order valence-electron chi connectivity index (χ4n) is 3.43. The van der Waals surface area contributed by atoms with Crippen molar-refractivity contribution in [2.24, 2.45) is 0 Å². The average molecular weight is 386 g/mol. The molecule has 1 amide bonds. The summed E-state index contributed by atoms with van der Waals surface area (Å²) in [6.07, 6.45) is 1.25. The number of hydrogen-bond acceptors (Lipinski definition) is 4. The van der Waals surface area contributed by atoms with Crippen molar-refractivity contribution in [1.29, 1.82) is 0 Å². The van der Waals surface area contributed by atoms with Gasteiger partial charge in [-0.05, 0) is 41.8 Å². The molecule has 2 aromatic carbocycles. The highest BCUT2D eigenvalue weighted by Gasteiger charge is 2.21. The molecular weight excluding hydrogens is 359 g/mol. The second-order valence-electron chi connectivity index (χ2n) is 6.97. The van der Waals surface area contributed by atoms with Gasteiger partial charge in [-0.1, -0.05) is 18.2 Å². The molecule has 0 spiro atoms. The molecule has 1 aliphatic rings. The number of halogens is 1. The summed E-state index contributed by atoms with van der Waals surface area (Å²) in [6, 6.07) is 12.1. The van der Waals surface area contributed by atoms with Gasteiger partial charge in [-0.2, -0.15) is 0 Å². The summed E-state index contributed by atoms with van der Waals surface area (Å²) >= 11 is 0. The maximum atomic E-state index is 13.0. The molecule has 0 aromatic heterocycles. The Labute approximate surface area is 165 Å². The second-order valence-corrected chi connectivity index (χ2v) is 6.97. The molecule has 0 aliphatic carbocycles. The number of nitrogens with zero attached hydrogens (tertiary/aromatic N) is 2. The standard InChI is InChI=1S/C22H27FN2O3/c1-27-20-8-5-18(15-21(20)28-2)9-10-24-11-13-25(14-12-24)22(26)16-17-3-6-19(23)7-4-17/h3-8,15H,9-14,16H2,1-2H3. The number of ether oxygens (including phenoxy) is 2. The van der Waals surface area contributed by atoms with Crippen LogP contribution in [0.2, 0.25) is 0 Å². The number of carbonyl (C=O) groups is 1. The molecule has 1 heterocycles. The summed E-state index contributed by atoms with van der Waals surface area (Å²) < 4.78 is 23.6. The van der Waals surface area contributed by atoms with Crippen LogP contribution in [0.1, 0.15) is 11.1 Å². The Morgan fingerprint density at radius 2 is 1.57 bits per heavy atom. The summed E-state index contributed by atoms with van der Waals surface area (Å²) in [5, 5.41) is 0. The highest BCUT2D eigenvalue weighted by Crippen LogP contribution is 2.27. The first-order chi connectivity index (χ1) is 13.6. The number of amides is 1. The van der Waals surface area contributed by atoms with Crippen LogP contribution in [-0.4, -0.2) is 62.7 Å². The van der Waals surface area contributed by atoms with Crippen molar-refractivity contribution in [2.45, 2.75) is 12.8 Å². The van der Waals surface area contributed by atoms with E-state index in [1.54, 1.807) is 26.4 Å². The predicted octanol–water partition coefficient (Wildman–Crippen LogP) is 2.77. The molecule has 28 heavy (non-hydrogen) atoms. The third kappa shape index (κ3) is 5.23. The van der Waals surface area contributed by atoms with Gasteiger partial charge in [0.2, 0.25) is 5.91 Å². The molecule has 150 valence electrons. The Bertz CT molecular complexity index is 787. The van der Waals surface area contributed by atoms with E-state index in [1.165, 1.54) is 17.7 Å². The molecular formula is C22H27FN2O3. The summed E-state index contributed by atoms with van der Waals surface area (Å²) in [6.45, 7) is 4.12. The monoisotopic (exact) mass is 386 g/mol. The number of carbonyl (C=O) groups excluding carboxylic acids is 1. The lowest BCUT2D eigenvalue weighted by Gasteiger charge is -2.34. The number of benzene rings is 2. The molecule has 1 saturated heterocycles. The van der Waals surface area contributed by atoms with Crippen molar-refractivity contribution < 1.29 is 18.7 Å². The van der Waals surface area contributed by atoms with Gasteiger partial charge in [0.05, 0.1) is 20.6 Å². The van der Waals surface area contributed by atoms with Crippen LogP contribution in [0.25, 0.3) is 0 Å². The maximum Gasteiger partial charge on any atom is 0.227 e. The van der Waals surface area contributed by atoms with Crippen molar-refractivity contribution in [3.05, 3.63) is 59.4 Å². The molecule has 0 radical (unpaired) electrons. The molecule has 0 unspecified atom stereocenters. The number of methoxy groups -OCH3 is 2. The van der Waals surface area contributed by atoms with Gasteiger partial charge >= 0.3 is 0 Å². The molecule has 1 fully saturated rings. The number of piperazine rings is 1. The van der Waals surface area contributed by atoms with Gasteiger partial charge in [-0.3, -0.25) is 9.69 Å². The number of rotatable bonds is 7. The number of hydrogen-bond donors (Lipinski definition) is 0. The van der Waals surface area contributed by atoms with Crippen molar-refractivity contribution in [2.75, 3.05) is 46.9 Å². The molecule has 6 heteroatoms. The Kier molecular flexibility index (Phi) is 6.87. The van der Waals surface area contributed by atoms with Gasteiger partial charge in [-0.15, -0.1) is 0 Å². The van der Waals surface area contributed by atoms with E-state index >= 15 is 0 Å². The van der Waals surface area contributed by atoms with Gasteiger partial charge in [0.25, 0.3) is 0 Å². The molecule has 3 rings (SSSR count). The molecule has 0 atom stereocenters. The Hall–Kier alpha value is -2.60. The van der Waals surface area contributed by atoms with Crippen LogP contribution >= 0.6 is 0 Å². The molecule has 2 aromatic rings. The highest BCUT2D eigenvalue weighted by atomic mass is 19.1. The lowest BCUT2D eigenvalue weighted by atomic mass is 10.1. The van der Waals surface area contributed by atoms with Crippen LogP contribution in [-0.2, 0) is 17.6 Å². The largest absolute Gasteiger partial charge is 0.493 e. The van der Waals surface area contributed by atoms with E-state index in [1.807, 2.05) is 17.0 Å². The zero-order valence-electron chi connectivity index (χ0n) is 16.5. The van der Waals surface area contributed by atoms with Gasteiger partial charge in [-0.25, -0.2) is 4.39 Å². The second kappa shape index (κ2) is 9.55. The van der Waals surface area contributed by atoms with E-state index in [4.69, 9.17) is 9.47 Å². The minimum Gasteiger partial charge on any atom is -0.493 e. The van der Waals surface area contributed by atoms with Crippen LogP contribution in [0.15, 0.2) is 42.5 Å². The summed E-state index contributed by atoms with van der Waals surface area (Å²) in [5.41, 5.74) is 2.05. The molecule has 0 saturated carbocycles. The van der Waals surface area contributed by atoms with Crippen molar-refractivity contribution >= 4 is 5.91 Å². The first-order valence-electron chi connectivity index (χ1n) is 9.54. The summed E-state index contributed by atoms with van der Waals surface area (Å²) in [7, 11) is 3.28. The molecule has 5 nitrogen and oxygen atoms in total. The maximum absolute atomic E-state index is 13.0. The van der Waals surface area contributed by atoms with Crippen molar-refractivity contribution in [3.8, 4) is 11.5 Å². The van der Waals surface area contributed by atoms with Gasteiger partial charge < -0.3 is 14.4 Å². The van der Waals surface area contributed by atoms with E-state index in [9.17, 15) is 9.18 Å². The highest BCUT2D eigenvalue weighted by molar-refractivity contribution is 5.78. The molecule has 0 N–H and O–H groups in total. The fraction of sp³-hybridized carbons (Fsp3) is 0.409. The summed E-state index contributed by atoms with van der Waals surface area (Å²) in [4.78, 5) is 16.7. The van der Waals surface area contributed by atoms with E-state index in [2.05, 4.69) is 11.0 Å². The van der Waals surface area contributed by atoms with Crippen LogP contribution in [0.4, 0.5) is 4.39 Å². The van der Waals surface area contributed by atoms with Gasteiger partial charge in [0.1, 0.15) is 5.82 Å². The minimum atomic E-state index is -0.278. The van der Waals surface area contributed by atoms with Crippen LogP contribution in [0, 0.1) is 5.82 Å². The SMILES string of the molecule is COc1ccc(CCN2CCN(C(=O)Cc3ccc(F)cc3)CC2)cc1OC. The Balaban J connectivity index is 1.45. The van der Waals surface area contributed by atoms with Gasteiger partial charge in [0.15, 0.2) is 11.5 Å². The predicted molar refractivity (Wildman–Crippen MR) is 106 cm³/mol. The Morgan fingerprint density at radius 1 is 0.929 bits per heavy atom. The zero-order chi connectivity index (χ0) is 19.9. The lowest BCUT2D eigenvalue weighted by Crippen LogP contribution is -2.49. The van der Waals surface area contributed by atoms with Crippen molar-refractivity contribution in [1.82, 2.24) is 9.80 Å². The smallest absolute Gasteiger partial charge is 0.227 e. The first kappa shape index (κ1) is 20.1. The van der Waals surface area contributed by atoms with E-state index in [0.29, 0.717) is 6.42 Å². The zero-order valence-corrected chi connectivity index (χ0v) is 16.5. The molecule has 0 bridgehead atoms. The lowest BCUT2D eigenvalue weighted by molar-refractivity contribution is -0.132. The fourth-order valence-corrected chi connectivity index (χ4v) is 3.43. The topological polar surface area (TPSA) is 42.0 Å². The van der Waals surface area contributed by atoms with E-state index in [0.717, 1.165) is 56.2 Å². The van der Waals surface area contributed by atoms with E-state index in [-0.39, 0.29) is 11.7 Å². The quantitative estimate of drug-likeness (QED) is 0.734. The first-order valence-corrected chi connectivity index (χ1v) is 9.54. The third-order valence-corrected chi connectivity index (χ3v) is 5.16. The van der Waals surface area contributed by atoms with Crippen LogP contribution in [0.3, 0.4) is 0 Å². The van der Waals surface area contributed by atoms with Crippen LogP contribution in [0.5, 0.6) is 11.5 Å². The van der Waals surface area contributed by atoms with E-state index < -0.39 is 0 Å². The molecule has 1 aliphatic heterocycles. The summed E-state index contributed by atoms with van der Waals surface area (Å²) in [5.74, 6) is 1.31. The van der Waals surface area contributed by atoms with Crippen LogP contribution < -0.4 is 9.47 Å². The minimum absolute atomic E-state index is 0.103. The Morgan fingerprint density at radius 3 is 2.21 bits per heavy atom. The third-order valence-electron chi connectivity index (χ3n) is 5.16.